The first-order valence-electron chi connectivity index (χ1n) is 4.33. The fourth-order valence-corrected chi connectivity index (χ4v) is 1.34. The van der Waals surface area contributed by atoms with Crippen molar-refractivity contribution in [1.82, 2.24) is 0 Å². The number of aromatic hydroxyl groups is 1. The number of rotatable bonds is 1. The van der Waals surface area contributed by atoms with Gasteiger partial charge in [-0.15, -0.1) is 0 Å². The first-order valence-corrected chi connectivity index (χ1v) is 4.33. The molecule has 0 unspecified atom stereocenters. The van der Waals surface area contributed by atoms with Crippen molar-refractivity contribution in [2.45, 2.75) is 0 Å². The number of phenols is 1. The first kappa shape index (κ1) is 9.65. The minimum Gasteiger partial charge on any atom is -0.508 e. The molecule has 15 heavy (non-hydrogen) atoms. The highest BCUT2D eigenvalue weighted by atomic mass is 19.2. The quantitative estimate of drug-likeness (QED) is 0.758. The van der Waals surface area contributed by atoms with Gasteiger partial charge in [-0.25, -0.2) is 8.78 Å². The average molecular weight is 205 g/mol. The van der Waals surface area contributed by atoms with E-state index in [0.717, 1.165) is 6.07 Å². The lowest BCUT2D eigenvalue weighted by Crippen LogP contribution is -1.88. The number of phenolic OH excluding ortho intramolecular Hbond substituents is 1. The van der Waals surface area contributed by atoms with Gasteiger partial charge in [0.05, 0.1) is 0 Å². The Morgan fingerprint density at radius 2 is 1.93 bits per heavy atom. The van der Waals surface area contributed by atoms with Crippen molar-refractivity contribution in [3.8, 4) is 16.9 Å². The predicted molar refractivity (Wildman–Crippen MR) is 52.3 cm³/mol. The maximum atomic E-state index is 13.3. The van der Waals surface area contributed by atoms with E-state index in [4.69, 9.17) is 0 Å². The smallest absolute Gasteiger partial charge is 0.166 e. The van der Waals surface area contributed by atoms with E-state index in [9.17, 15) is 13.9 Å². The molecule has 1 nitrogen and oxygen atoms in total. The van der Waals surface area contributed by atoms with Gasteiger partial charge in [-0.05, 0) is 35.9 Å². The van der Waals surface area contributed by atoms with Gasteiger partial charge in [0.15, 0.2) is 11.6 Å². The van der Waals surface area contributed by atoms with Crippen LogP contribution < -0.4 is 0 Å². The van der Waals surface area contributed by atoms with Gasteiger partial charge in [-0.3, -0.25) is 0 Å². The molecule has 0 saturated heterocycles. The topological polar surface area (TPSA) is 20.2 Å². The Bertz CT molecular complexity index is 495. The highest BCUT2D eigenvalue weighted by molar-refractivity contribution is 5.65. The second-order valence-electron chi connectivity index (χ2n) is 3.08. The summed E-state index contributed by atoms with van der Waals surface area (Å²) in [4.78, 5) is 0. The van der Waals surface area contributed by atoms with Crippen LogP contribution in [-0.4, -0.2) is 5.11 Å². The summed E-state index contributed by atoms with van der Waals surface area (Å²) in [5, 5.41) is 9.19. The van der Waals surface area contributed by atoms with E-state index in [-0.39, 0.29) is 11.3 Å². The Hall–Kier alpha value is -1.90. The summed E-state index contributed by atoms with van der Waals surface area (Å²) >= 11 is 0. The van der Waals surface area contributed by atoms with Crippen molar-refractivity contribution in [2.24, 2.45) is 0 Å². The Morgan fingerprint density at radius 1 is 1.13 bits per heavy atom. The molecule has 0 saturated carbocycles. The fourth-order valence-electron chi connectivity index (χ4n) is 1.34. The molecular formula is C12H7F2O. The third kappa shape index (κ3) is 1.81. The monoisotopic (exact) mass is 205 g/mol. The van der Waals surface area contributed by atoms with Gasteiger partial charge >= 0.3 is 0 Å². The lowest BCUT2D eigenvalue weighted by atomic mass is 10.0. The molecule has 0 aromatic heterocycles. The molecule has 0 amide bonds. The van der Waals surface area contributed by atoms with E-state index in [2.05, 4.69) is 6.07 Å². The van der Waals surface area contributed by atoms with Gasteiger partial charge in [0.2, 0.25) is 0 Å². The van der Waals surface area contributed by atoms with E-state index >= 15 is 0 Å². The molecule has 3 heteroatoms. The van der Waals surface area contributed by atoms with Crippen LogP contribution in [0.1, 0.15) is 0 Å². The summed E-state index contributed by atoms with van der Waals surface area (Å²) < 4.78 is 26.3. The van der Waals surface area contributed by atoms with Crippen molar-refractivity contribution in [2.75, 3.05) is 0 Å². The predicted octanol–water partition coefficient (Wildman–Crippen LogP) is 3.14. The molecule has 2 aromatic rings. The van der Waals surface area contributed by atoms with Crippen molar-refractivity contribution in [3.05, 3.63) is 54.1 Å². The van der Waals surface area contributed by atoms with Crippen molar-refractivity contribution in [3.63, 3.8) is 0 Å². The molecule has 0 spiro atoms. The third-order valence-electron chi connectivity index (χ3n) is 2.04. The van der Waals surface area contributed by atoms with Crippen molar-refractivity contribution < 1.29 is 13.9 Å². The number of benzene rings is 2. The van der Waals surface area contributed by atoms with Crippen LogP contribution in [0.2, 0.25) is 0 Å². The molecule has 2 aromatic carbocycles. The normalized spacial score (nSPS) is 10.3. The highest BCUT2D eigenvalue weighted by Gasteiger charge is 2.09. The Balaban J connectivity index is 2.59. The summed E-state index contributed by atoms with van der Waals surface area (Å²) in [5.41, 5.74) is 0.508. The Morgan fingerprint density at radius 3 is 2.67 bits per heavy atom. The molecule has 0 bridgehead atoms. The molecule has 0 aliphatic carbocycles. The van der Waals surface area contributed by atoms with E-state index in [0.29, 0.717) is 5.56 Å². The molecule has 1 radical (unpaired) electrons. The standard InChI is InChI=1S/C12H7F2O/c13-11-6-2-5-10(12(11)14)8-3-1-4-9(15)7-8/h2-7,15H. The molecule has 0 aliphatic heterocycles. The van der Waals surface area contributed by atoms with E-state index in [1.54, 1.807) is 0 Å². The lowest BCUT2D eigenvalue weighted by Gasteiger charge is -2.03. The van der Waals surface area contributed by atoms with Gasteiger partial charge in [-0.1, -0.05) is 12.1 Å². The van der Waals surface area contributed by atoms with Gasteiger partial charge in [-0.2, -0.15) is 0 Å². The van der Waals surface area contributed by atoms with E-state index in [1.165, 1.54) is 30.3 Å². The molecule has 0 heterocycles. The number of hydrogen-bond donors (Lipinski definition) is 1. The summed E-state index contributed by atoms with van der Waals surface area (Å²) in [7, 11) is 0. The van der Waals surface area contributed by atoms with Crippen LogP contribution in [0.15, 0.2) is 36.4 Å². The molecule has 1 N–H and O–H groups in total. The molecule has 0 aliphatic rings. The van der Waals surface area contributed by atoms with Crippen LogP contribution >= 0.6 is 0 Å². The Kier molecular flexibility index (Phi) is 2.37. The lowest BCUT2D eigenvalue weighted by molar-refractivity contribution is 0.475. The zero-order valence-corrected chi connectivity index (χ0v) is 7.67. The van der Waals surface area contributed by atoms with E-state index in [1.807, 2.05) is 0 Å². The van der Waals surface area contributed by atoms with Gasteiger partial charge in [0.25, 0.3) is 0 Å². The summed E-state index contributed by atoms with van der Waals surface area (Å²) in [6.07, 6.45) is 0. The van der Waals surface area contributed by atoms with E-state index < -0.39 is 11.6 Å². The highest BCUT2D eigenvalue weighted by Crippen LogP contribution is 2.26. The summed E-state index contributed by atoms with van der Waals surface area (Å²) in [6, 6.07) is 10.7. The van der Waals surface area contributed by atoms with Crippen LogP contribution in [0, 0.1) is 17.7 Å². The Labute approximate surface area is 85.6 Å². The maximum absolute atomic E-state index is 13.3. The molecule has 0 fully saturated rings. The molecule has 0 atom stereocenters. The third-order valence-corrected chi connectivity index (χ3v) is 2.04. The minimum atomic E-state index is -0.920. The average Bonchev–Trinajstić information content (AvgIpc) is 2.22. The van der Waals surface area contributed by atoms with Crippen molar-refractivity contribution in [1.29, 1.82) is 0 Å². The number of halogens is 2. The van der Waals surface area contributed by atoms with Gasteiger partial charge in [0, 0.05) is 5.56 Å². The second kappa shape index (κ2) is 3.69. The summed E-state index contributed by atoms with van der Waals surface area (Å²) in [5.74, 6) is -1.86. The molecule has 75 valence electrons. The van der Waals surface area contributed by atoms with Crippen molar-refractivity contribution >= 4 is 0 Å². The van der Waals surface area contributed by atoms with Gasteiger partial charge in [0.1, 0.15) is 5.75 Å². The largest absolute Gasteiger partial charge is 0.508 e. The van der Waals surface area contributed by atoms with Crippen LogP contribution in [-0.2, 0) is 0 Å². The fraction of sp³-hybridized carbons (Fsp3) is 0. The van der Waals surface area contributed by atoms with Crippen LogP contribution in [0.5, 0.6) is 5.75 Å². The molecule has 2 rings (SSSR count). The van der Waals surface area contributed by atoms with Crippen LogP contribution in [0.3, 0.4) is 0 Å². The maximum Gasteiger partial charge on any atom is 0.166 e. The first-order chi connectivity index (χ1) is 7.18. The SMILES string of the molecule is Oc1c[c]cc(-c2cccc(F)c2F)c1. The summed E-state index contributed by atoms with van der Waals surface area (Å²) in [6.45, 7) is 0. The van der Waals surface area contributed by atoms with Gasteiger partial charge < -0.3 is 5.11 Å². The molecular weight excluding hydrogens is 198 g/mol. The minimum absolute atomic E-state index is 0.0313. The van der Waals surface area contributed by atoms with Crippen LogP contribution in [0.25, 0.3) is 11.1 Å². The number of hydrogen-bond acceptors (Lipinski definition) is 1. The second-order valence-corrected chi connectivity index (χ2v) is 3.08. The zero-order chi connectivity index (χ0) is 10.8. The van der Waals surface area contributed by atoms with Crippen LogP contribution in [0.4, 0.5) is 8.78 Å². The zero-order valence-electron chi connectivity index (χ0n) is 7.67.